The summed E-state index contributed by atoms with van der Waals surface area (Å²) < 4.78 is 10.4. The molecule has 0 aliphatic carbocycles. The molecule has 5 heteroatoms. The van der Waals surface area contributed by atoms with E-state index in [2.05, 4.69) is 4.99 Å². The number of benzene rings is 2. The molecule has 126 valence electrons. The average molecular weight is 346 g/mol. The predicted molar refractivity (Wildman–Crippen MR) is 96.6 cm³/mol. The van der Waals surface area contributed by atoms with Gasteiger partial charge in [-0.3, -0.25) is 4.99 Å². The number of nitrogens with zero attached hydrogens (tertiary/aromatic N) is 1. The Morgan fingerprint density at radius 1 is 1.21 bits per heavy atom. The van der Waals surface area contributed by atoms with E-state index in [9.17, 15) is 4.79 Å². The minimum absolute atomic E-state index is 0.104. The second kappa shape index (κ2) is 8.50. The number of aryl methyl sites for hydroxylation is 1. The topological polar surface area (TPSA) is 47.9 Å². The summed E-state index contributed by atoms with van der Waals surface area (Å²) in [5, 5.41) is 0.696. The third-order valence-corrected chi connectivity index (χ3v) is 3.53. The summed E-state index contributed by atoms with van der Waals surface area (Å²) in [5.41, 5.74) is 2.74. The molecule has 0 saturated carbocycles. The fourth-order valence-corrected chi connectivity index (χ4v) is 2.08. The Morgan fingerprint density at radius 3 is 2.54 bits per heavy atom. The monoisotopic (exact) mass is 345 g/mol. The van der Waals surface area contributed by atoms with E-state index in [1.165, 1.54) is 0 Å². The Morgan fingerprint density at radius 2 is 1.92 bits per heavy atom. The number of aliphatic imine (C=N–C) groups is 1. The van der Waals surface area contributed by atoms with Gasteiger partial charge < -0.3 is 9.47 Å². The van der Waals surface area contributed by atoms with Gasteiger partial charge in [-0.2, -0.15) is 0 Å². The molecule has 0 N–H and O–H groups in total. The van der Waals surface area contributed by atoms with E-state index in [1.807, 2.05) is 37.3 Å². The minimum atomic E-state index is -0.383. The van der Waals surface area contributed by atoms with Crippen molar-refractivity contribution in [3.05, 3.63) is 58.6 Å². The maximum atomic E-state index is 11.4. The summed E-state index contributed by atoms with van der Waals surface area (Å²) in [6.45, 7) is 5.44. The largest absolute Gasteiger partial charge is 0.482 e. The van der Waals surface area contributed by atoms with Crippen LogP contribution in [0.2, 0.25) is 5.02 Å². The molecule has 0 heterocycles. The zero-order valence-electron chi connectivity index (χ0n) is 14.0. The molecule has 0 aliphatic rings. The third-order valence-electron chi connectivity index (χ3n) is 3.12. The number of ether oxygens (including phenoxy) is 2. The number of hydrogen-bond acceptors (Lipinski definition) is 4. The van der Waals surface area contributed by atoms with Gasteiger partial charge >= 0.3 is 5.97 Å². The van der Waals surface area contributed by atoms with Crippen molar-refractivity contribution in [2.24, 2.45) is 4.99 Å². The Balaban J connectivity index is 1.93. The normalized spacial score (nSPS) is 11.0. The summed E-state index contributed by atoms with van der Waals surface area (Å²) >= 11 is 6.08. The van der Waals surface area contributed by atoms with E-state index < -0.39 is 0 Å². The molecule has 0 radical (unpaired) electrons. The van der Waals surface area contributed by atoms with Crippen LogP contribution >= 0.6 is 11.6 Å². The van der Waals surface area contributed by atoms with E-state index in [0.717, 1.165) is 16.8 Å². The Bertz CT molecular complexity index is 724. The SMILES string of the molecule is Cc1ccc(N=Cc2ccc(OCC(=O)OC(C)C)cc2)cc1Cl. The van der Waals surface area contributed by atoms with Crippen LogP contribution in [0.3, 0.4) is 0 Å². The second-order valence-electron chi connectivity index (χ2n) is 5.59. The molecule has 0 aromatic heterocycles. The lowest BCUT2D eigenvalue weighted by Gasteiger charge is -2.09. The Kier molecular flexibility index (Phi) is 6.38. The van der Waals surface area contributed by atoms with E-state index in [0.29, 0.717) is 10.8 Å². The van der Waals surface area contributed by atoms with Crippen molar-refractivity contribution in [2.45, 2.75) is 26.9 Å². The molecular weight excluding hydrogens is 326 g/mol. The zero-order valence-corrected chi connectivity index (χ0v) is 14.7. The van der Waals surface area contributed by atoms with Crippen molar-refractivity contribution in [3.8, 4) is 5.75 Å². The summed E-state index contributed by atoms with van der Waals surface area (Å²) in [4.78, 5) is 15.8. The smallest absolute Gasteiger partial charge is 0.344 e. The van der Waals surface area contributed by atoms with Gasteiger partial charge in [0.2, 0.25) is 0 Å². The number of carbonyl (C=O) groups excluding carboxylic acids is 1. The first-order valence-electron chi connectivity index (χ1n) is 7.66. The van der Waals surface area contributed by atoms with Crippen LogP contribution in [0.25, 0.3) is 0 Å². The van der Waals surface area contributed by atoms with Gasteiger partial charge in [0.1, 0.15) is 5.75 Å². The lowest BCUT2D eigenvalue weighted by Crippen LogP contribution is -2.18. The highest BCUT2D eigenvalue weighted by Gasteiger charge is 2.06. The molecule has 0 fully saturated rings. The molecule has 24 heavy (non-hydrogen) atoms. The summed E-state index contributed by atoms with van der Waals surface area (Å²) in [6.07, 6.45) is 1.60. The molecule has 4 nitrogen and oxygen atoms in total. The van der Waals surface area contributed by atoms with Gasteiger partial charge in [0.05, 0.1) is 11.8 Å². The quantitative estimate of drug-likeness (QED) is 0.561. The molecule has 2 rings (SSSR count). The van der Waals surface area contributed by atoms with Gasteiger partial charge in [-0.05, 0) is 68.3 Å². The number of carbonyl (C=O) groups is 1. The van der Waals surface area contributed by atoms with Crippen LogP contribution in [0.1, 0.15) is 25.0 Å². The molecule has 0 saturated heterocycles. The van der Waals surface area contributed by atoms with Crippen LogP contribution in [-0.4, -0.2) is 24.9 Å². The van der Waals surface area contributed by atoms with Gasteiger partial charge in [0.25, 0.3) is 0 Å². The van der Waals surface area contributed by atoms with Crippen molar-refractivity contribution < 1.29 is 14.3 Å². The lowest BCUT2D eigenvalue weighted by atomic mass is 10.2. The fourth-order valence-electron chi connectivity index (χ4n) is 1.90. The fraction of sp³-hybridized carbons (Fsp3) is 0.263. The summed E-state index contributed by atoms with van der Waals surface area (Å²) in [7, 11) is 0. The Hall–Kier alpha value is -2.33. The molecule has 0 bridgehead atoms. The number of esters is 1. The second-order valence-corrected chi connectivity index (χ2v) is 6.00. The van der Waals surface area contributed by atoms with E-state index in [1.54, 1.807) is 32.2 Å². The minimum Gasteiger partial charge on any atom is -0.482 e. The van der Waals surface area contributed by atoms with Gasteiger partial charge in [-0.15, -0.1) is 0 Å². The molecular formula is C19H20ClNO3. The van der Waals surface area contributed by atoms with Crippen molar-refractivity contribution in [1.82, 2.24) is 0 Å². The molecule has 0 spiro atoms. The number of halogens is 1. The molecule has 0 unspecified atom stereocenters. The van der Waals surface area contributed by atoms with Crippen LogP contribution in [-0.2, 0) is 9.53 Å². The predicted octanol–water partition coefficient (Wildman–Crippen LogP) is 4.73. The van der Waals surface area contributed by atoms with Crippen LogP contribution in [0, 0.1) is 6.92 Å². The first-order valence-corrected chi connectivity index (χ1v) is 8.04. The first kappa shape index (κ1) is 18.0. The third kappa shape index (κ3) is 5.70. The summed E-state index contributed by atoms with van der Waals surface area (Å²) in [5.74, 6) is 0.220. The molecule has 0 aliphatic heterocycles. The van der Waals surface area contributed by atoms with Gasteiger partial charge in [-0.25, -0.2) is 4.79 Å². The maximum absolute atomic E-state index is 11.4. The van der Waals surface area contributed by atoms with Crippen molar-refractivity contribution in [1.29, 1.82) is 0 Å². The molecule has 0 amide bonds. The van der Waals surface area contributed by atoms with Crippen molar-refractivity contribution in [3.63, 3.8) is 0 Å². The van der Waals surface area contributed by atoms with E-state index in [-0.39, 0.29) is 18.7 Å². The zero-order chi connectivity index (χ0) is 17.5. The lowest BCUT2D eigenvalue weighted by molar-refractivity contribution is -0.149. The van der Waals surface area contributed by atoms with Crippen LogP contribution in [0.15, 0.2) is 47.5 Å². The number of rotatable bonds is 6. The van der Waals surface area contributed by atoms with Crippen molar-refractivity contribution in [2.75, 3.05) is 6.61 Å². The van der Waals surface area contributed by atoms with Crippen LogP contribution in [0.4, 0.5) is 5.69 Å². The van der Waals surface area contributed by atoms with E-state index in [4.69, 9.17) is 21.1 Å². The maximum Gasteiger partial charge on any atom is 0.344 e. The van der Waals surface area contributed by atoms with Crippen LogP contribution < -0.4 is 4.74 Å². The molecule has 2 aromatic carbocycles. The standard InChI is InChI=1S/C19H20ClNO3/c1-13(2)24-19(22)12-23-17-8-5-15(6-9-17)11-21-16-7-4-14(3)18(20)10-16/h4-11,13H,12H2,1-3H3. The average Bonchev–Trinajstić information content (AvgIpc) is 2.54. The van der Waals surface area contributed by atoms with Crippen LogP contribution in [0.5, 0.6) is 5.75 Å². The van der Waals surface area contributed by atoms with Crippen molar-refractivity contribution >= 4 is 29.5 Å². The van der Waals surface area contributed by atoms with Gasteiger partial charge in [0.15, 0.2) is 6.61 Å². The molecule has 2 aromatic rings. The highest BCUT2D eigenvalue weighted by Crippen LogP contribution is 2.22. The van der Waals surface area contributed by atoms with Gasteiger partial charge in [-0.1, -0.05) is 17.7 Å². The summed E-state index contributed by atoms with van der Waals surface area (Å²) in [6, 6.07) is 13.0. The highest BCUT2D eigenvalue weighted by atomic mass is 35.5. The van der Waals surface area contributed by atoms with E-state index >= 15 is 0 Å². The molecule has 0 atom stereocenters. The number of hydrogen-bond donors (Lipinski definition) is 0. The highest BCUT2D eigenvalue weighted by molar-refractivity contribution is 6.31. The Labute approximate surface area is 147 Å². The van der Waals surface area contributed by atoms with Gasteiger partial charge in [0, 0.05) is 11.2 Å². The first-order chi connectivity index (χ1) is 11.4.